The fraction of sp³-hybridized carbons (Fsp3) is 0.500. The average molecular weight is 315 g/mol. The molecule has 1 N–H and O–H groups in total. The first kappa shape index (κ1) is 16.2. The van der Waals surface area contributed by atoms with Gasteiger partial charge in [0.25, 0.3) is 0 Å². The van der Waals surface area contributed by atoms with E-state index in [2.05, 4.69) is 21.7 Å². The summed E-state index contributed by atoms with van der Waals surface area (Å²) in [6.07, 6.45) is 1.49. The van der Waals surface area contributed by atoms with Gasteiger partial charge < -0.3 is 9.52 Å². The molecule has 5 heteroatoms. The van der Waals surface area contributed by atoms with E-state index in [1.807, 2.05) is 37.3 Å². The minimum Gasteiger partial charge on any atom is -0.444 e. The molecule has 5 nitrogen and oxygen atoms in total. The summed E-state index contributed by atoms with van der Waals surface area (Å²) in [7, 11) is 0. The largest absolute Gasteiger partial charge is 0.444 e. The van der Waals surface area contributed by atoms with Crippen molar-refractivity contribution in [3.8, 4) is 11.5 Å². The van der Waals surface area contributed by atoms with Gasteiger partial charge in [-0.15, -0.1) is 0 Å². The molecular weight excluding hydrogens is 290 g/mol. The second-order valence-electron chi connectivity index (χ2n) is 6.44. The van der Waals surface area contributed by atoms with Gasteiger partial charge in [-0.1, -0.05) is 18.2 Å². The van der Waals surface area contributed by atoms with Gasteiger partial charge in [0.05, 0.1) is 11.8 Å². The van der Waals surface area contributed by atoms with Crippen molar-refractivity contribution in [3.63, 3.8) is 0 Å². The molecule has 1 aliphatic rings. The minimum absolute atomic E-state index is 0.270. The molecule has 0 bridgehead atoms. The summed E-state index contributed by atoms with van der Waals surface area (Å²) >= 11 is 0. The van der Waals surface area contributed by atoms with E-state index in [0.717, 1.165) is 44.0 Å². The van der Waals surface area contributed by atoms with Crippen LogP contribution in [0.3, 0.4) is 0 Å². The number of hydrogen-bond donors (Lipinski definition) is 1. The third-order valence-electron chi connectivity index (χ3n) is 4.31. The summed E-state index contributed by atoms with van der Waals surface area (Å²) in [5, 5.41) is 9.56. The molecular formula is C18H25N3O2. The molecule has 3 rings (SSSR count). The molecule has 0 saturated carbocycles. The van der Waals surface area contributed by atoms with E-state index in [9.17, 15) is 5.11 Å². The number of benzene rings is 1. The van der Waals surface area contributed by atoms with E-state index in [-0.39, 0.29) is 6.10 Å². The zero-order valence-corrected chi connectivity index (χ0v) is 13.9. The van der Waals surface area contributed by atoms with Gasteiger partial charge in [-0.05, 0) is 26.0 Å². The highest BCUT2D eigenvalue weighted by Crippen LogP contribution is 2.19. The highest BCUT2D eigenvalue weighted by atomic mass is 16.3. The Morgan fingerprint density at radius 2 is 2.09 bits per heavy atom. The topological polar surface area (TPSA) is 52.7 Å². The fourth-order valence-electron chi connectivity index (χ4n) is 3.15. The minimum atomic E-state index is -0.270. The maximum absolute atomic E-state index is 9.56. The monoisotopic (exact) mass is 315 g/mol. The summed E-state index contributed by atoms with van der Waals surface area (Å²) in [5.41, 5.74) is 1.98. The molecule has 2 aromatic rings. The number of nitrogens with zero attached hydrogens (tertiary/aromatic N) is 3. The predicted molar refractivity (Wildman–Crippen MR) is 89.9 cm³/mol. The molecule has 23 heavy (non-hydrogen) atoms. The van der Waals surface area contributed by atoms with Crippen molar-refractivity contribution < 1.29 is 9.52 Å². The van der Waals surface area contributed by atoms with Crippen molar-refractivity contribution in [1.82, 2.24) is 14.8 Å². The van der Waals surface area contributed by atoms with Crippen LogP contribution in [0.5, 0.6) is 0 Å². The van der Waals surface area contributed by atoms with Crippen molar-refractivity contribution in [1.29, 1.82) is 0 Å². The Bertz CT molecular complexity index is 612. The number of aliphatic hydroxyl groups excluding tert-OH is 1. The first-order valence-electron chi connectivity index (χ1n) is 8.26. The lowest BCUT2D eigenvalue weighted by Crippen LogP contribution is -2.53. The van der Waals surface area contributed by atoms with Crippen molar-refractivity contribution in [3.05, 3.63) is 42.3 Å². The van der Waals surface area contributed by atoms with Gasteiger partial charge in [0.1, 0.15) is 6.26 Å². The Morgan fingerprint density at radius 3 is 2.78 bits per heavy atom. The van der Waals surface area contributed by atoms with Crippen LogP contribution >= 0.6 is 0 Å². The molecule has 1 aromatic heterocycles. The van der Waals surface area contributed by atoms with Crippen LogP contribution in [-0.4, -0.2) is 58.2 Å². The Labute approximate surface area is 137 Å². The molecule has 1 aliphatic heterocycles. The number of oxazole rings is 1. The number of aliphatic hydroxyl groups is 1. The Morgan fingerprint density at radius 1 is 1.30 bits per heavy atom. The second-order valence-corrected chi connectivity index (χ2v) is 6.44. The van der Waals surface area contributed by atoms with Gasteiger partial charge >= 0.3 is 0 Å². The number of β-amino-alcohol motifs (C(OH)–C–C–N with tert-alkyl or cyclic N) is 1. The molecule has 124 valence electrons. The maximum Gasteiger partial charge on any atom is 0.226 e. The predicted octanol–water partition coefficient (Wildman–Crippen LogP) is 2.23. The van der Waals surface area contributed by atoms with Crippen LogP contribution in [0.2, 0.25) is 0 Å². The lowest BCUT2D eigenvalue weighted by atomic mass is 10.1. The van der Waals surface area contributed by atoms with Crippen LogP contribution in [0.1, 0.15) is 19.5 Å². The molecule has 1 aromatic carbocycles. The lowest BCUT2D eigenvalue weighted by molar-refractivity contribution is 0.0418. The van der Waals surface area contributed by atoms with Crippen LogP contribution in [-0.2, 0) is 6.54 Å². The molecule has 0 unspecified atom stereocenters. The fourth-order valence-corrected chi connectivity index (χ4v) is 3.15. The van der Waals surface area contributed by atoms with Gasteiger partial charge in [0.2, 0.25) is 5.89 Å². The second kappa shape index (κ2) is 7.25. The van der Waals surface area contributed by atoms with Crippen molar-refractivity contribution >= 4 is 0 Å². The van der Waals surface area contributed by atoms with Gasteiger partial charge in [-0.3, -0.25) is 9.80 Å². The van der Waals surface area contributed by atoms with E-state index in [4.69, 9.17) is 4.42 Å². The van der Waals surface area contributed by atoms with E-state index >= 15 is 0 Å². The van der Waals surface area contributed by atoms with Gasteiger partial charge in [0, 0.05) is 44.3 Å². The SMILES string of the molecule is C[C@H](O)CN1CCN(Cc2coc(-c3ccccc3)n2)C[C@H]1C. The highest BCUT2D eigenvalue weighted by Gasteiger charge is 2.25. The zero-order chi connectivity index (χ0) is 16.2. The summed E-state index contributed by atoms with van der Waals surface area (Å²) in [6, 6.07) is 10.4. The van der Waals surface area contributed by atoms with E-state index < -0.39 is 0 Å². The normalized spacial score (nSPS) is 21.4. The van der Waals surface area contributed by atoms with Crippen LogP contribution in [0.15, 0.2) is 41.0 Å². The standard InChI is InChI=1S/C18H25N3O2/c1-14-10-20(8-9-21(14)11-15(2)22)12-17-13-23-18(19-17)16-6-4-3-5-7-16/h3-7,13-15,22H,8-12H2,1-2H3/t14-,15+/m1/s1. The van der Waals surface area contributed by atoms with Gasteiger partial charge in [-0.25, -0.2) is 4.98 Å². The Kier molecular flexibility index (Phi) is 5.10. The molecule has 1 saturated heterocycles. The molecule has 0 amide bonds. The summed E-state index contributed by atoms with van der Waals surface area (Å²) in [4.78, 5) is 9.35. The third kappa shape index (κ3) is 4.19. The molecule has 0 aliphatic carbocycles. The molecule has 2 heterocycles. The van der Waals surface area contributed by atoms with Crippen molar-refractivity contribution in [2.45, 2.75) is 32.5 Å². The van der Waals surface area contributed by atoms with Crippen molar-refractivity contribution in [2.24, 2.45) is 0 Å². The molecule has 0 radical (unpaired) electrons. The number of rotatable bonds is 5. The number of hydrogen-bond acceptors (Lipinski definition) is 5. The molecule has 0 spiro atoms. The number of aromatic nitrogens is 1. The first-order chi connectivity index (χ1) is 11.1. The van der Waals surface area contributed by atoms with Crippen molar-refractivity contribution in [2.75, 3.05) is 26.2 Å². The summed E-state index contributed by atoms with van der Waals surface area (Å²) in [5.74, 6) is 0.682. The Balaban J connectivity index is 1.58. The van der Waals surface area contributed by atoms with E-state index in [1.165, 1.54) is 0 Å². The summed E-state index contributed by atoms with van der Waals surface area (Å²) < 4.78 is 5.61. The zero-order valence-electron chi connectivity index (χ0n) is 13.9. The average Bonchev–Trinajstić information content (AvgIpc) is 2.99. The van der Waals surface area contributed by atoms with Crippen LogP contribution < -0.4 is 0 Å². The van der Waals surface area contributed by atoms with Gasteiger partial charge in [0.15, 0.2) is 0 Å². The quantitative estimate of drug-likeness (QED) is 0.917. The first-order valence-corrected chi connectivity index (χ1v) is 8.26. The van der Waals surface area contributed by atoms with Crippen LogP contribution in [0, 0.1) is 0 Å². The van der Waals surface area contributed by atoms with Crippen LogP contribution in [0.4, 0.5) is 0 Å². The highest BCUT2D eigenvalue weighted by molar-refractivity contribution is 5.52. The number of piperazine rings is 1. The summed E-state index contributed by atoms with van der Waals surface area (Å²) in [6.45, 7) is 8.58. The van der Waals surface area contributed by atoms with E-state index in [1.54, 1.807) is 6.26 Å². The third-order valence-corrected chi connectivity index (χ3v) is 4.31. The Hall–Kier alpha value is -1.69. The lowest BCUT2D eigenvalue weighted by Gasteiger charge is -2.40. The smallest absolute Gasteiger partial charge is 0.226 e. The van der Waals surface area contributed by atoms with E-state index in [0.29, 0.717) is 11.9 Å². The molecule has 2 atom stereocenters. The van der Waals surface area contributed by atoms with Gasteiger partial charge in [-0.2, -0.15) is 0 Å². The molecule has 1 fully saturated rings. The maximum atomic E-state index is 9.56. The van der Waals surface area contributed by atoms with Crippen LogP contribution in [0.25, 0.3) is 11.5 Å².